The van der Waals surface area contributed by atoms with E-state index in [4.69, 9.17) is 10.5 Å². The van der Waals surface area contributed by atoms with Crippen molar-refractivity contribution in [3.8, 4) is 5.75 Å². The molecule has 4 rings (SSSR count). The number of ether oxygens (including phenoxy) is 1. The van der Waals surface area contributed by atoms with Crippen LogP contribution in [0.4, 0.5) is 0 Å². The van der Waals surface area contributed by atoms with Crippen LogP contribution in [-0.2, 0) is 33.8 Å². The molecule has 3 aliphatic rings. The zero-order valence-electron chi connectivity index (χ0n) is 19.0. The number of methoxy groups -OCH3 is 1. The Bertz CT molecular complexity index is 1130. The number of nitrogens with two attached hydrogens (primary N) is 1. The number of phenols is 1. The van der Waals surface area contributed by atoms with Crippen molar-refractivity contribution in [1.82, 2.24) is 0 Å². The smallest absolute Gasteiger partial charge is 0.255 e. The molecule has 3 aliphatic carbocycles. The lowest BCUT2D eigenvalue weighted by atomic mass is 9.62. The number of ketones is 2. The third-order valence-corrected chi connectivity index (χ3v) is 6.99. The molecular weight excluding hydrogens is 426 g/mol. The summed E-state index contributed by atoms with van der Waals surface area (Å²) in [6.07, 6.45) is 1.34. The van der Waals surface area contributed by atoms with E-state index in [9.17, 15) is 29.7 Å². The van der Waals surface area contributed by atoms with Gasteiger partial charge >= 0.3 is 0 Å². The number of phenolic OH excluding ortho intramolecular Hbond substituents is 1. The average molecular weight is 456 g/mol. The number of aliphatic hydroxyl groups is 2. The van der Waals surface area contributed by atoms with Crippen LogP contribution in [0.3, 0.4) is 0 Å². The Balaban J connectivity index is 1.86. The van der Waals surface area contributed by atoms with Gasteiger partial charge in [0.05, 0.1) is 18.1 Å². The predicted octanol–water partition coefficient (Wildman–Crippen LogP) is 2.81. The number of rotatable bonds is 5. The molecule has 1 aromatic rings. The number of carbonyl (C=O) groups is 3. The normalized spacial score (nSPS) is 24.7. The fourth-order valence-electron chi connectivity index (χ4n) is 5.73. The second-order valence-corrected chi connectivity index (χ2v) is 9.68. The Morgan fingerprint density at radius 1 is 1.18 bits per heavy atom. The maximum atomic E-state index is 13.7. The summed E-state index contributed by atoms with van der Waals surface area (Å²) in [6, 6.07) is 1.88. The highest BCUT2D eigenvalue weighted by atomic mass is 16.5. The lowest BCUT2D eigenvalue weighted by Gasteiger charge is -2.41. The van der Waals surface area contributed by atoms with Gasteiger partial charge in [-0.25, -0.2) is 0 Å². The average Bonchev–Trinajstić information content (AvgIpc) is 2.70. The maximum Gasteiger partial charge on any atom is 0.255 e. The van der Waals surface area contributed by atoms with Crippen molar-refractivity contribution in [2.75, 3.05) is 7.11 Å². The van der Waals surface area contributed by atoms with Crippen LogP contribution in [0.25, 0.3) is 0 Å². The molecular formula is C25H29NO7. The largest absolute Gasteiger partial charge is 0.511 e. The predicted molar refractivity (Wildman–Crippen MR) is 119 cm³/mol. The van der Waals surface area contributed by atoms with Crippen molar-refractivity contribution >= 4 is 17.5 Å². The Morgan fingerprint density at radius 3 is 2.48 bits per heavy atom. The van der Waals surface area contributed by atoms with E-state index < -0.39 is 34.9 Å². The third kappa shape index (κ3) is 3.62. The topological polar surface area (TPSA) is 147 Å². The maximum absolute atomic E-state index is 13.7. The number of amides is 1. The summed E-state index contributed by atoms with van der Waals surface area (Å²) in [6.45, 7) is 4.29. The molecule has 33 heavy (non-hydrogen) atoms. The van der Waals surface area contributed by atoms with Gasteiger partial charge in [0, 0.05) is 19.1 Å². The van der Waals surface area contributed by atoms with Crippen molar-refractivity contribution in [2.24, 2.45) is 29.4 Å². The SMILES string of the molecule is COCc1cc(CC(C)C)c(O)c2c1CC1CC3CC(O)=C(C(N)=O)C(=O)C3C(O)=C1C2=O. The van der Waals surface area contributed by atoms with Gasteiger partial charge < -0.3 is 25.8 Å². The summed E-state index contributed by atoms with van der Waals surface area (Å²) < 4.78 is 5.35. The molecule has 0 saturated heterocycles. The summed E-state index contributed by atoms with van der Waals surface area (Å²) in [4.78, 5) is 38.3. The molecule has 0 bridgehead atoms. The first-order valence-electron chi connectivity index (χ1n) is 11.2. The third-order valence-electron chi connectivity index (χ3n) is 6.99. The number of hydrogen-bond donors (Lipinski definition) is 4. The van der Waals surface area contributed by atoms with Crippen molar-refractivity contribution in [2.45, 2.75) is 46.1 Å². The molecule has 5 N–H and O–H groups in total. The molecule has 0 spiro atoms. The summed E-state index contributed by atoms with van der Waals surface area (Å²) in [5.41, 5.74) is 7.13. The van der Waals surface area contributed by atoms with Crippen LogP contribution < -0.4 is 5.73 Å². The van der Waals surface area contributed by atoms with Gasteiger partial charge in [-0.3, -0.25) is 14.4 Å². The van der Waals surface area contributed by atoms with Crippen LogP contribution in [0.2, 0.25) is 0 Å². The van der Waals surface area contributed by atoms with Gasteiger partial charge in [0.25, 0.3) is 5.91 Å². The summed E-state index contributed by atoms with van der Waals surface area (Å²) in [5, 5.41) is 32.4. The number of fused-ring (bicyclic) bond motifs is 3. The van der Waals surface area contributed by atoms with Crippen molar-refractivity contribution in [3.05, 3.63) is 51.0 Å². The number of hydrogen-bond acceptors (Lipinski definition) is 7. The minimum absolute atomic E-state index is 0.0209. The fourth-order valence-corrected chi connectivity index (χ4v) is 5.73. The minimum Gasteiger partial charge on any atom is -0.511 e. The van der Waals surface area contributed by atoms with Crippen molar-refractivity contribution in [1.29, 1.82) is 0 Å². The lowest BCUT2D eigenvalue weighted by Crippen LogP contribution is -2.43. The fraction of sp³-hybridized carbons (Fsp3) is 0.480. The van der Waals surface area contributed by atoms with E-state index in [2.05, 4.69) is 0 Å². The van der Waals surface area contributed by atoms with Crippen molar-refractivity contribution in [3.63, 3.8) is 0 Å². The first-order valence-corrected chi connectivity index (χ1v) is 11.2. The number of aliphatic hydroxyl groups excluding tert-OH is 2. The Labute approximate surface area is 191 Å². The molecule has 0 aromatic heterocycles. The lowest BCUT2D eigenvalue weighted by molar-refractivity contribution is -0.126. The first kappa shape index (κ1) is 23.0. The Morgan fingerprint density at radius 2 is 1.88 bits per heavy atom. The molecule has 0 fully saturated rings. The number of allylic oxidation sites excluding steroid dienone is 3. The van der Waals surface area contributed by atoms with Gasteiger partial charge in [0.2, 0.25) is 0 Å². The van der Waals surface area contributed by atoms with Gasteiger partial charge in [-0.05, 0) is 59.8 Å². The molecule has 176 valence electrons. The molecule has 1 amide bonds. The number of aromatic hydroxyl groups is 1. The van der Waals surface area contributed by atoms with E-state index in [1.165, 1.54) is 0 Å². The Hall–Kier alpha value is -3.13. The van der Waals surface area contributed by atoms with Gasteiger partial charge in [0.1, 0.15) is 22.8 Å². The molecule has 1 aromatic carbocycles. The highest BCUT2D eigenvalue weighted by Gasteiger charge is 2.50. The van der Waals surface area contributed by atoms with Gasteiger partial charge in [-0.15, -0.1) is 0 Å². The molecule has 8 nitrogen and oxygen atoms in total. The summed E-state index contributed by atoms with van der Waals surface area (Å²) in [5.74, 6) is -4.90. The van der Waals surface area contributed by atoms with Crippen LogP contribution >= 0.6 is 0 Å². The molecule has 8 heteroatoms. The van der Waals surface area contributed by atoms with E-state index in [1.54, 1.807) is 7.11 Å². The molecule has 0 radical (unpaired) electrons. The summed E-state index contributed by atoms with van der Waals surface area (Å²) in [7, 11) is 1.56. The molecule has 0 aliphatic heterocycles. The number of benzene rings is 1. The molecule has 0 saturated carbocycles. The van der Waals surface area contributed by atoms with Crippen LogP contribution in [0, 0.1) is 23.7 Å². The van der Waals surface area contributed by atoms with E-state index in [0.717, 1.165) is 5.56 Å². The second-order valence-electron chi connectivity index (χ2n) is 9.68. The van der Waals surface area contributed by atoms with Crippen LogP contribution in [0.5, 0.6) is 5.75 Å². The molecule has 3 unspecified atom stereocenters. The molecule has 0 heterocycles. The molecule has 3 atom stereocenters. The number of carbonyl (C=O) groups excluding carboxylic acids is 3. The van der Waals surface area contributed by atoms with Crippen LogP contribution in [0.15, 0.2) is 28.7 Å². The van der Waals surface area contributed by atoms with Crippen LogP contribution in [0.1, 0.15) is 53.7 Å². The Kier molecular flexibility index (Phi) is 5.82. The second kappa shape index (κ2) is 8.33. The quantitative estimate of drug-likeness (QED) is 0.499. The van der Waals surface area contributed by atoms with E-state index >= 15 is 0 Å². The van der Waals surface area contributed by atoms with Gasteiger partial charge in [-0.1, -0.05) is 13.8 Å². The highest BCUT2D eigenvalue weighted by molar-refractivity contribution is 6.22. The van der Waals surface area contributed by atoms with E-state index in [-0.39, 0.29) is 53.3 Å². The van der Waals surface area contributed by atoms with Crippen LogP contribution in [-0.4, -0.2) is 39.9 Å². The highest BCUT2D eigenvalue weighted by Crippen LogP contribution is 2.50. The summed E-state index contributed by atoms with van der Waals surface area (Å²) >= 11 is 0. The van der Waals surface area contributed by atoms with Gasteiger partial charge in [0.15, 0.2) is 11.6 Å². The standard InChI is InChI=1S/C25H29NO7/c1-10(2)4-13-6-14(9-33-3)15-7-11-5-12-8-16(27)20(25(26)32)24(31)18(12)22(29)17(11)23(30)19(15)21(13)28/h6,10-12,18,27-29H,4-5,7-9H2,1-3H3,(H2,26,32). The van der Waals surface area contributed by atoms with E-state index in [1.807, 2.05) is 19.9 Å². The zero-order chi connectivity index (χ0) is 24.2. The number of primary amides is 1. The van der Waals surface area contributed by atoms with Crippen molar-refractivity contribution < 1.29 is 34.4 Å². The minimum atomic E-state index is -1.11. The van der Waals surface area contributed by atoms with Gasteiger partial charge in [-0.2, -0.15) is 0 Å². The monoisotopic (exact) mass is 455 g/mol. The van der Waals surface area contributed by atoms with E-state index in [0.29, 0.717) is 30.4 Å². The number of Topliss-reactive ketones (excluding diaryl/α,β-unsaturated/α-hetero) is 2. The first-order chi connectivity index (χ1) is 15.6. The zero-order valence-corrected chi connectivity index (χ0v) is 19.0.